The molecule has 1 saturated heterocycles. The van der Waals surface area contributed by atoms with Gasteiger partial charge in [0.15, 0.2) is 5.78 Å². The number of hydrogen-bond donors (Lipinski definition) is 0. The lowest BCUT2D eigenvalue weighted by atomic mass is 10.1. The number of anilines is 1. The topological polar surface area (TPSA) is 55.2 Å². The Hall–Kier alpha value is -2.69. The van der Waals surface area contributed by atoms with Crippen LogP contribution in [0.3, 0.4) is 0 Å². The first kappa shape index (κ1) is 14.3. The number of benzene rings is 1. The fourth-order valence-corrected chi connectivity index (χ4v) is 2.52. The maximum Gasteiger partial charge on any atom is 0.227 e. The first-order valence-corrected chi connectivity index (χ1v) is 7.25. The van der Waals surface area contributed by atoms with Crippen LogP contribution in [0.4, 0.5) is 5.69 Å². The molecule has 0 radical (unpaired) electrons. The zero-order chi connectivity index (χ0) is 15.5. The molecule has 0 spiro atoms. The fourth-order valence-electron chi connectivity index (χ4n) is 2.52. The molecule has 1 aliphatic heterocycles. The van der Waals surface area contributed by atoms with Gasteiger partial charge in [-0.1, -0.05) is 0 Å². The summed E-state index contributed by atoms with van der Waals surface area (Å²) in [7, 11) is 1.83. The molecule has 1 aliphatic rings. The minimum Gasteiger partial charge on any atom is -0.312 e. The van der Waals surface area contributed by atoms with Crippen LogP contribution in [-0.4, -0.2) is 28.0 Å². The molecule has 0 aliphatic carbocycles. The molecule has 5 nitrogen and oxygen atoms in total. The normalized spacial score (nSPS) is 15.0. The Morgan fingerprint density at radius 2 is 2.05 bits per heavy atom. The highest BCUT2D eigenvalue weighted by molar-refractivity contribution is 6.07. The van der Waals surface area contributed by atoms with E-state index in [1.165, 1.54) is 6.08 Å². The molecule has 1 amide bonds. The van der Waals surface area contributed by atoms with Gasteiger partial charge >= 0.3 is 0 Å². The van der Waals surface area contributed by atoms with Gasteiger partial charge in [-0.05, 0) is 42.8 Å². The number of carbonyl (C=O) groups is 2. The number of hydrogen-bond acceptors (Lipinski definition) is 3. The zero-order valence-electron chi connectivity index (χ0n) is 12.4. The number of nitrogens with zero attached hydrogens (tertiary/aromatic N) is 3. The third kappa shape index (κ3) is 2.98. The molecule has 0 atom stereocenters. The third-order valence-electron chi connectivity index (χ3n) is 3.69. The van der Waals surface area contributed by atoms with Crippen LogP contribution >= 0.6 is 0 Å². The standard InChI is InChI=1S/C17H17N3O2/c1-19-12-13(11-18-19)4-9-16(21)14-5-7-15(8-6-14)20-10-2-3-17(20)22/h4-9,11-12H,2-3,10H2,1H3/b9-4+. The first-order valence-electron chi connectivity index (χ1n) is 7.25. The van der Waals surface area contributed by atoms with Gasteiger partial charge in [-0.15, -0.1) is 0 Å². The van der Waals surface area contributed by atoms with Crippen molar-refractivity contribution in [2.75, 3.05) is 11.4 Å². The smallest absolute Gasteiger partial charge is 0.227 e. The summed E-state index contributed by atoms with van der Waals surface area (Å²) in [6, 6.07) is 7.18. The number of rotatable bonds is 4. The summed E-state index contributed by atoms with van der Waals surface area (Å²) in [5, 5.41) is 4.05. The minimum atomic E-state index is -0.0665. The minimum absolute atomic E-state index is 0.0665. The largest absolute Gasteiger partial charge is 0.312 e. The van der Waals surface area contributed by atoms with E-state index in [9.17, 15) is 9.59 Å². The number of amides is 1. The Morgan fingerprint density at radius 1 is 1.27 bits per heavy atom. The summed E-state index contributed by atoms with van der Waals surface area (Å²) >= 11 is 0. The second-order valence-electron chi connectivity index (χ2n) is 5.34. The summed E-state index contributed by atoms with van der Waals surface area (Å²) in [5.74, 6) is 0.0821. The highest BCUT2D eigenvalue weighted by Gasteiger charge is 2.21. The third-order valence-corrected chi connectivity index (χ3v) is 3.69. The highest BCUT2D eigenvalue weighted by Crippen LogP contribution is 2.21. The van der Waals surface area contributed by atoms with Crippen LogP contribution in [0, 0.1) is 0 Å². The molecular weight excluding hydrogens is 278 g/mol. The average molecular weight is 295 g/mol. The molecule has 1 aromatic carbocycles. The fraction of sp³-hybridized carbons (Fsp3) is 0.235. The Balaban J connectivity index is 1.71. The lowest BCUT2D eigenvalue weighted by Gasteiger charge is -2.15. The molecule has 0 saturated carbocycles. The Labute approximate surface area is 128 Å². The molecule has 1 aromatic heterocycles. The van der Waals surface area contributed by atoms with E-state index in [2.05, 4.69) is 5.10 Å². The molecule has 2 aromatic rings. The van der Waals surface area contributed by atoms with Crippen molar-refractivity contribution in [3.63, 3.8) is 0 Å². The van der Waals surface area contributed by atoms with E-state index in [0.717, 1.165) is 24.2 Å². The number of carbonyl (C=O) groups excluding carboxylic acids is 2. The number of allylic oxidation sites excluding steroid dienone is 1. The molecule has 1 fully saturated rings. The van der Waals surface area contributed by atoms with Gasteiger partial charge in [0.25, 0.3) is 0 Å². The van der Waals surface area contributed by atoms with Gasteiger partial charge in [0.1, 0.15) is 0 Å². The van der Waals surface area contributed by atoms with Gasteiger partial charge in [-0.3, -0.25) is 14.3 Å². The monoisotopic (exact) mass is 295 g/mol. The van der Waals surface area contributed by atoms with Crippen molar-refractivity contribution >= 4 is 23.5 Å². The summed E-state index contributed by atoms with van der Waals surface area (Å²) in [5.41, 5.74) is 2.35. The quantitative estimate of drug-likeness (QED) is 0.643. The highest BCUT2D eigenvalue weighted by atomic mass is 16.2. The van der Waals surface area contributed by atoms with E-state index < -0.39 is 0 Å². The Bertz CT molecular complexity index is 729. The number of ketones is 1. The van der Waals surface area contributed by atoms with Gasteiger partial charge in [0.05, 0.1) is 6.20 Å². The lowest BCUT2D eigenvalue weighted by Crippen LogP contribution is -2.23. The molecule has 2 heterocycles. The van der Waals surface area contributed by atoms with Crippen molar-refractivity contribution in [3.8, 4) is 0 Å². The molecule has 112 valence electrons. The van der Waals surface area contributed by atoms with E-state index in [1.807, 2.05) is 25.4 Å². The van der Waals surface area contributed by atoms with Crippen molar-refractivity contribution in [1.82, 2.24) is 9.78 Å². The van der Waals surface area contributed by atoms with Crippen molar-refractivity contribution in [2.24, 2.45) is 7.05 Å². The molecular formula is C17H17N3O2. The van der Waals surface area contributed by atoms with E-state index >= 15 is 0 Å². The van der Waals surface area contributed by atoms with E-state index in [0.29, 0.717) is 12.0 Å². The summed E-state index contributed by atoms with van der Waals surface area (Å²) in [4.78, 5) is 25.6. The summed E-state index contributed by atoms with van der Waals surface area (Å²) < 4.78 is 1.69. The van der Waals surface area contributed by atoms with Crippen molar-refractivity contribution in [2.45, 2.75) is 12.8 Å². The van der Waals surface area contributed by atoms with Crippen LogP contribution in [0.15, 0.2) is 42.7 Å². The number of aryl methyl sites for hydroxylation is 1. The van der Waals surface area contributed by atoms with Gasteiger partial charge in [-0.2, -0.15) is 5.10 Å². The van der Waals surface area contributed by atoms with Crippen LogP contribution in [0.5, 0.6) is 0 Å². The second-order valence-corrected chi connectivity index (χ2v) is 5.34. The molecule has 5 heteroatoms. The van der Waals surface area contributed by atoms with Gasteiger partial charge < -0.3 is 4.90 Å². The molecule has 3 rings (SSSR count). The number of aromatic nitrogens is 2. The Kier molecular flexibility index (Phi) is 3.87. The van der Waals surface area contributed by atoms with E-state index in [-0.39, 0.29) is 11.7 Å². The molecule has 22 heavy (non-hydrogen) atoms. The van der Waals surface area contributed by atoms with Gasteiger partial charge in [-0.25, -0.2) is 0 Å². The van der Waals surface area contributed by atoms with E-state index in [1.54, 1.807) is 34.0 Å². The van der Waals surface area contributed by atoms with Crippen LogP contribution in [0.25, 0.3) is 6.08 Å². The van der Waals surface area contributed by atoms with Crippen LogP contribution in [0.1, 0.15) is 28.8 Å². The van der Waals surface area contributed by atoms with Gasteiger partial charge in [0, 0.05) is 43.0 Å². The van der Waals surface area contributed by atoms with Crippen molar-refractivity contribution in [3.05, 3.63) is 53.9 Å². The van der Waals surface area contributed by atoms with Crippen LogP contribution in [0.2, 0.25) is 0 Å². The molecule has 0 N–H and O–H groups in total. The summed E-state index contributed by atoms with van der Waals surface area (Å²) in [6.07, 6.45) is 8.32. The average Bonchev–Trinajstić information content (AvgIpc) is 3.13. The van der Waals surface area contributed by atoms with Crippen molar-refractivity contribution < 1.29 is 9.59 Å². The lowest BCUT2D eigenvalue weighted by molar-refractivity contribution is -0.117. The van der Waals surface area contributed by atoms with Crippen molar-refractivity contribution in [1.29, 1.82) is 0 Å². The molecule has 0 bridgehead atoms. The zero-order valence-corrected chi connectivity index (χ0v) is 12.4. The maximum atomic E-state index is 12.1. The maximum absolute atomic E-state index is 12.1. The summed E-state index contributed by atoms with van der Waals surface area (Å²) in [6.45, 7) is 0.757. The van der Waals surface area contributed by atoms with Gasteiger partial charge in [0.2, 0.25) is 5.91 Å². The first-order chi connectivity index (χ1) is 10.6. The predicted octanol–water partition coefficient (Wildman–Crippen LogP) is 2.44. The van der Waals surface area contributed by atoms with E-state index in [4.69, 9.17) is 0 Å². The second kappa shape index (κ2) is 5.97. The SMILES string of the molecule is Cn1cc(/C=C/C(=O)c2ccc(N3CCCC3=O)cc2)cn1. The van der Waals surface area contributed by atoms with Crippen LogP contribution in [-0.2, 0) is 11.8 Å². The Morgan fingerprint density at radius 3 is 2.64 bits per heavy atom. The van der Waals surface area contributed by atoms with Crippen LogP contribution < -0.4 is 4.90 Å². The predicted molar refractivity (Wildman–Crippen MR) is 84.6 cm³/mol. The molecule has 0 unspecified atom stereocenters.